The molecule has 0 spiro atoms. The lowest BCUT2D eigenvalue weighted by atomic mass is 9.67. The fourth-order valence-electron chi connectivity index (χ4n) is 5.32. The number of Topliss-reactive ketones (excluding diaryl/α,β-unsaturated/α-hetero) is 2. The molecule has 0 aromatic heterocycles. The summed E-state index contributed by atoms with van der Waals surface area (Å²) in [6.07, 6.45) is 0.999. The first kappa shape index (κ1) is 21.4. The van der Waals surface area contributed by atoms with Crippen LogP contribution < -0.4 is 5.32 Å². The Kier molecular flexibility index (Phi) is 4.92. The van der Waals surface area contributed by atoms with Crippen molar-refractivity contribution in [3.05, 3.63) is 87.6 Å². The molecule has 1 atom stereocenters. The zero-order valence-corrected chi connectivity index (χ0v) is 19.0. The lowest BCUT2D eigenvalue weighted by molar-refractivity contribution is -0.118. The molecule has 33 heavy (non-hydrogen) atoms. The summed E-state index contributed by atoms with van der Waals surface area (Å²) in [5.41, 5.74) is 3.28. The first-order valence-corrected chi connectivity index (χ1v) is 11.3. The molecule has 2 heterocycles. The summed E-state index contributed by atoms with van der Waals surface area (Å²) in [6, 6.07) is 11.0. The van der Waals surface area contributed by atoms with Gasteiger partial charge in [0.25, 0.3) is 0 Å². The number of hydrogen-bond donors (Lipinski definition) is 2. The summed E-state index contributed by atoms with van der Waals surface area (Å²) in [4.78, 5) is 29.5. The van der Waals surface area contributed by atoms with Crippen LogP contribution in [0.1, 0.15) is 54.1 Å². The number of carbonyl (C=O) groups is 2. The molecule has 1 unspecified atom stereocenters. The molecule has 170 valence electrons. The minimum absolute atomic E-state index is 0.0601. The van der Waals surface area contributed by atoms with E-state index in [0.29, 0.717) is 48.5 Å². The smallest absolute Gasteiger partial charge is 0.193 e. The number of halogens is 1. The largest absolute Gasteiger partial charge is 0.508 e. The van der Waals surface area contributed by atoms with Crippen LogP contribution in [-0.2, 0) is 4.79 Å². The zero-order valence-electron chi connectivity index (χ0n) is 19.0. The Morgan fingerprint density at radius 2 is 1.88 bits per heavy atom. The van der Waals surface area contributed by atoms with Gasteiger partial charge in [0.15, 0.2) is 11.6 Å². The number of benzene rings is 2. The van der Waals surface area contributed by atoms with E-state index in [4.69, 9.17) is 0 Å². The molecule has 2 N–H and O–H groups in total. The van der Waals surface area contributed by atoms with Crippen LogP contribution in [0.4, 0.5) is 4.39 Å². The van der Waals surface area contributed by atoms with Gasteiger partial charge in [-0.05, 0) is 37.0 Å². The number of carbonyl (C=O) groups excluding carboxylic acids is 2. The molecule has 5 nitrogen and oxygen atoms in total. The van der Waals surface area contributed by atoms with Gasteiger partial charge in [0, 0.05) is 41.9 Å². The summed E-state index contributed by atoms with van der Waals surface area (Å²) in [5, 5.41) is 14.1. The van der Waals surface area contributed by atoms with Crippen molar-refractivity contribution in [3.8, 4) is 5.75 Å². The first-order chi connectivity index (χ1) is 15.7. The lowest BCUT2D eigenvalue weighted by Gasteiger charge is -2.43. The topological polar surface area (TPSA) is 69.6 Å². The van der Waals surface area contributed by atoms with Crippen LogP contribution in [0.25, 0.3) is 0 Å². The van der Waals surface area contributed by atoms with E-state index in [1.807, 2.05) is 24.0 Å². The molecule has 2 aromatic carbocycles. The van der Waals surface area contributed by atoms with E-state index < -0.39 is 11.7 Å². The molecule has 1 fully saturated rings. The van der Waals surface area contributed by atoms with Gasteiger partial charge < -0.3 is 15.3 Å². The number of aromatic hydroxyl groups is 1. The number of allylic oxidation sites excluding steroid dienone is 3. The number of phenols is 1. The van der Waals surface area contributed by atoms with Crippen LogP contribution in [0, 0.1) is 18.2 Å². The standard InChI is InChI=1S/C27H27FN2O3/c1-15-4-6-16(7-5-15)25(33)24-22(18-12-17(28)8-9-20(18)31)23-19(30-11-10-29-26(24)30)13-27(2,3)14-21(23)32/h4-9,12,22,29,31H,10-11,13-14H2,1-3H3. The summed E-state index contributed by atoms with van der Waals surface area (Å²) < 4.78 is 14.4. The Bertz CT molecular complexity index is 1240. The summed E-state index contributed by atoms with van der Waals surface area (Å²) >= 11 is 0. The third-order valence-corrected chi connectivity index (χ3v) is 6.81. The van der Waals surface area contributed by atoms with Crippen LogP contribution >= 0.6 is 0 Å². The minimum Gasteiger partial charge on any atom is -0.508 e. The highest BCUT2D eigenvalue weighted by Crippen LogP contribution is 2.52. The van der Waals surface area contributed by atoms with E-state index in [1.165, 1.54) is 18.2 Å². The highest BCUT2D eigenvalue weighted by Gasteiger charge is 2.48. The van der Waals surface area contributed by atoms with Gasteiger partial charge in [-0.2, -0.15) is 0 Å². The Balaban J connectivity index is 1.77. The second-order valence-electron chi connectivity index (χ2n) is 9.97. The van der Waals surface area contributed by atoms with E-state index in [2.05, 4.69) is 19.2 Å². The van der Waals surface area contributed by atoms with E-state index in [0.717, 1.165) is 11.3 Å². The fraction of sp³-hybridized carbons (Fsp3) is 0.333. The Morgan fingerprint density at radius 1 is 1.15 bits per heavy atom. The molecule has 1 saturated heterocycles. The van der Waals surface area contributed by atoms with Crippen LogP contribution in [0.3, 0.4) is 0 Å². The molecule has 2 aliphatic heterocycles. The molecule has 3 aliphatic rings. The number of nitrogens with one attached hydrogen (secondary N) is 1. The van der Waals surface area contributed by atoms with Crippen LogP contribution in [-0.4, -0.2) is 34.7 Å². The van der Waals surface area contributed by atoms with Crippen LogP contribution in [0.2, 0.25) is 0 Å². The van der Waals surface area contributed by atoms with Crippen molar-refractivity contribution in [1.82, 2.24) is 10.2 Å². The van der Waals surface area contributed by atoms with Crippen molar-refractivity contribution in [3.63, 3.8) is 0 Å². The number of rotatable bonds is 3. The maximum Gasteiger partial charge on any atom is 0.193 e. The highest BCUT2D eigenvalue weighted by molar-refractivity contribution is 6.13. The Hall–Kier alpha value is -3.41. The number of aryl methyl sites for hydroxylation is 1. The SMILES string of the molecule is Cc1ccc(C(=O)C2=C3NCCN3C3=C(C(=O)CC(C)(C)C3)C2c2cc(F)ccc2O)cc1. The predicted octanol–water partition coefficient (Wildman–Crippen LogP) is 4.58. The van der Waals surface area contributed by atoms with Gasteiger partial charge in [-0.15, -0.1) is 0 Å². The summed E-state index contributed by atoms with van der Waals surface area (Å²) in [5.74, 6) is -1.14. The first-order valence-electron chi connectivity index (χ1n) is 11.3. The maximum atomic E-state index is 14.4. The molecule has 0 radical (unpaired) electrons. The van der Waals surface area contributed by atoms with Crippen molar-refractivity contribution >= 4 is 11.6 Å². The quantitative estimate of drug-likeness (QED) is 0.676. The average molecular weight is 447 g/mol. The molecule has 2 aromatic rings. The maximum absolute atomic E-state index is 14.4. The second-order valence-corrected chi connectivity index (χ2v) is 9.97. The number of ketones is 2. The number of phenolic OH excluding ortho intramolecular Hbond substituents is 1. The van der Waals surface area contributed by atoms with Crippen molar-refractivity contribution in [2.45, 2.75) is 39.5 Å². The Morgan fingerprint density at radius 3 is 2.61 bits per heavy atom. The third kappa shape index (κ3) is 3.54. The van der Waals surface area contributed by atoms with Gasteiger partial charge in [-0.25, -0.2) is 4.39 Å². The van der Waals surface area contributed by atoms with Gasteiger partial charge in [-0.3, -0.25) is 9.59 Å². The average Bonchev–Trinajstić information content (AvgIpc) is 3.24. The Labute approximate surface area is 192 Å². The molecule has 1 aliphatic carbocycles. The fourth-order valence-corrected chi connectivity index (χ4v) is 5.32. The van der Waals surface area contributed by atoms with E-state index in [9.17, 15) is 19.1 Å². The second kappa shape index (κ2) is 7.58. The van der Waals surface area contributed by atoms with Gasteiger partial charge >= 0.3 is 0 Å². The van der Waals surface area contributed by atoms with E-state index in [-0.39, 0.29) is 28.3 Å². The van der Waals surface area contributed by atoms with Crippen molar-refractivity contribution in [2.75, 3.05) is 13.1 Å². The minimum atomic E-state index is -0.843. The lowest BCUT2D eigenvalue weighted by Crippen LogP contribution is -2.40. The highest BCUT2D eigenvalue weighted by atomic mass is 19.1. The normalized spacial score (nSPS) is 21.6. The zero-order chi connectivity index (χ0) is 23.5. The molecule has 6 heteroatoms. The molecule has 0 amide bonds. The number of nitrogens with zero attached hydrogens (tertiary/aromatic N) is 1. The van der Waals surface area contributed by atoms with Gasteiger partial charge in [0.2, 0.25) is 0 Å². The third-order valence-electron chi connectivity index (χ3n) is 6.81. The van der Waals surface area contributed by atoms with Crippen molar-refractivity contribution < 1.29 is 19.1 Å². The van der Waals surface area contributed by atoms with Gasteiger partial charge in [0.05, 0.1) is 11.5 Å². The van der Waals surface area contributed by atoms with Gasteiger partial charge in [-0.1, -0.05) is 43.7 Å². The van der Waals surface area contributed by atoms with Crippen molar-refractivity contribution in [1.29, 1.82) is 0 Å². The molecular weight excluding hydrogens is 419 g/mol. The molecular formula is C27H27FN2O3. The van der Waals surface area contributed by atoms with E-state index in [1.54, 1.807) is 12.1 Å². The molecule has 0 bridgehead atoms. The van der Waals surface area contributed by atoms with Crippen LogP contribution in [0.5, 0.6) is 5.75 Å². The summed E-state index contributed by atoms with van der Waals surface area (Å²) in [7, 11) is 0. The van der Waals surface area contributed by atoms with Crippen LogP contribution in [0.15, 0.2) is 65.1 Å². The van der Waals surface area contributed by atoms with Gasteiger partial charge in [0.1, 0.15) is 17.4 Å². The van der Waals surface area contributed by atoms with Crippen molar-refractivity contribution in [2.24, 2.45) is 5.41 Å². The molecule has 5 rings (SSSR count). The number of hydrogen-bond acceptors (Lipinski definition) is 5. The molecule has 0 saturated carbocycles. The predicted molar refractivity (Wildman–Crippen MR) is 123 cm³/mol. The van der Waals surface area contributed by atoms with E-state index >= 15 is 0 Å². The number of fused-ring (bicyclic) bond motifs is 2. The summed E-state index contributed by atoms with van der Waals surface area (Å²) in [6.45, 7) is 7.34. The monoisotopic (exact) mass is 446 g/mol.